The Morgan fingerprint density at radius 3 is 2.57 bits per heavy atom. The molecule has 9 heteroatoms. The Morgan fingerprint density at radius 1 is 1.05 bits per heavy atom. The van der Waals surface area contributed by atoms with Crippen molar-refractivity contribution in [2.75, 3.05) is 13.7 Å². The van der Waals surface area contributed by atoms with Crippen molar-refractivity contribution < 1.29 is 41.0 Å². The highest BCUT2D eigenvalue weighted by molar-refractivity contribution is 5.71. The van der Waals surface area contributed by atoms with E-state index in [1.165, 1.54) is 19.2 Å². The highest BCUT2D eigenvalue weighted by Crippen LogP contribution is 2.44. The maximum atomic E-state index is 14.3. The predicted molar refractivity (Wildman–Crippen MR) is 124 cm³/mol. The van der Waals surface area contributed by atoms with Gasteiger partial charge in [0, 0.05) is 30.0 Å². The van der Waals surface area contributed by atoms with Gasteiger partial charge in [0.2, 0.25) is 0 Å². The van der Waals surface area contributed by atoms with Crippen molar-refractivity contribution in [3.63, 3.8) is 0 Å². The third kappa shape index (κ3) is 4.99. The second-order valence-electron chi connectivity index (χ2n) is 9.20. The second-order valence-corrected chi connectivity index (χ2v) is 9.20. The smallest absolute Gasteiger partial charge is 0.416 e. The van der Waals surface area contributed by atoms with Crippen molar-refractivity contribution >= 4 is 5.97 Å². The summed E-state index contributed by atoms with van der Waals surface area (Å²) in [6.07, 6.45) is -4.48. The van der Waals surface area contributed by atoms with E-state index in [1.54, 1.807) is 12.1 Å². The third-order valence-corrected chi connectivity index (χ3v) is 6.94. The van der Waals surface area contributed by atoms with E-state index in [9.17, 15) is 26.7 Å². The molecule has 37 heavy (non-hydrogen) atoms. The summed E-state index contributed by atoms with van der Waals surface area (Å²) in [5, 5.41) is 0. The van der Waals surface area contributed by atoms with Gasteiger partial charge in [0.1, 0.15) is 29.2 Å². The minimum absolute atomic E-state index is 0.0121. The van der Waals surface area contributed by atoms with Crippen LogP contribution >= 0.6 is 0 Å². The molecular weight excluding hydrogens is 495 g/mol. The van der Waals surface area contributed by atoms with Crippen molar-refractivity contribution in [1.29, 1.82) is 0 Å². The SMILES string of the molecule is COC(=O)CC1COc2cc(O[C@@H]3CCc4c3ccc(C(F)(F)F)c4Cc3ccc(F)cc3F)ccc21. The average Bonchev–Trinajstić information content (AvgIpc) is 3.44. The first kappa shape index (κ1) is 25.0. The molecule has 0 saturated carbocycles. The van der Waals surface area contributed by atoms with Gasteiger partial charge in [0.05, 0.1) is 25.7 Å². The molecule has 1 aliphatic carbocycles. The monoisotopic (exact) mass is 518 g/mol. The number of alkyl halides is 3. The highest BCUT2D eigenvalue weighted by Gasteiger charge is 2.38. The van der Waals surface area contributed by atoms with Crippen LogP contribution in [0.3, 0.4) is 0 Å². The summed E-state index contributed by atoms with van der Waals surface area (Å²) in [7, 11) is 1.33. The molecule has 0 radical (unpaired) electrons. The second kappa shape index (κ2) is 9.68. The minimum Gasteiger partial charge on any atom is -0.492 e. The molecular formula is C28H23F5O4. The zero-order valence-corrected chi connectivity index (χ0v) is 19.8. The number of carbonyl (C=O) groups excluding carboxylic acids is 1. The first-order chi connectivity index (χ1) is 17.6. The lowest BCUT2D eigenvalue weighted by Crippen LogP contribution is -2.13. The molecule has 0 N–H and O–H groups in total. The summed E-state index contributed by atoms with van der Waals surface area (Å²) in [5.41, 5.74) is 1.07. The summed E-state index contributed by atoms with van der Waals surface area (Å²) < 4.78 is 85.9. The molecule has 0 fully saturated rings. The molecule has 4 nitrogen and oxygen atoms in total. The number of rotatable bonds is 6. The number of hydrogen-bond donors (Lipinski definition) is 0. The van der Waals surface area contributed by atoms with Crippen LogP contribution < -0.4 is 9.47 Å². The van der Waals surface area contributed by atoms with Gasteiger partial charge in [-0.15, -0.1) is 0 Å². The van der Waals surface area contributed by atoms with Crippen molar-refractivity contribution in [2.45, 2.75) is 43.9 Å². The Bertz CT molecular complexity index is 1350. The number of hydrogen-bond acceptors (Lipinski definition) is 4. The first-order valence-electron chi connectivity index (χ1n) is 11.8. The number of halogens is 5. The Hall–Kier alpha value is -3.62. The van der Waals surface area contributed by atoms with Crippen LogP contribution in [0.25, 0.3) is 0 Å². The summed E-state index contributed by atoms with van der Waals surface area (Å²) >= 11 is 0. The van der Waals surface area contributed by atoms with Crippen LogP contribution in [-0.2, 0) is 28.5 Å². The van der Waals surface area contributed by atoms with Crippen molar-refractivity contribution in [1.82, 2.24) is 0 Å². The van der Waals surface area contributed by atoms with Gasteiger partial charge in [0.25, 0.3) is 0 Å². The van der Waals surface area contributed by atoms with Crippen LogP contribution in [0.1, 0.15) is 58.2 Å². The lowest BCUT2D eigenvalue weighted by molar-refractivity contribution is -0.141. The van der Waals surface area contributed by atoms with Crippen LogP contribution in [0.4, 0.5) is 22.0 Å². The lowest BCUT2D eigenvalue weighted by atomic mass is 9.91. The van der Waals surface area contributed by atoms with E-state index in [0.717, 1.165) is 17.7 Å². The maximum absolute atomic E-state index is 14.3. The lowest BCUT2D eigenvalue weighted by Gasteiger charge is -2.20. The van der Waals surface area contributed by atoms with Crippen LogP contribution in [0.15, 0.2) is 48.5 Å². The largest absolute Gasteiger partial charge is 0.492 e. The van der Waals surface area contributed by atoms with Gasteiger partial charge < -0.3 is 14.2 Å². The molecule has 2 aliphatic rings. The van der Waals surface area contributed by atoms with E-state index in [-0.39, 0.29) is 35.9 Å². The molecule has 0 bridgehead atoms. The fourth-order valence-corrected chi connectivity index (χ4v) is 5.13. The quantitative estimate of drug-likeness (QED) is 0.270. The van der Waals surface area contributed by atoms with Crippen LogP contribution in [-0.4, -0.2) is 19.7 Å². The van der Waals surface area contributed by atoms with E-state index in [4.69, 9.17) is 14.2 Å². The number of esters is 1. The molecule has 0 spiro atoms. The van der Waals surface area contributed by atoms with Crippen LogP contribution in [0, 0.1) is 11.6 Å². The molecule has 5 rings (SSSR count). The highest BCUT2D eigenvalue weighted by atomic mass is 19.4. The zero-order valence-electron chi connectivity index (χ0n) is 19.8. The van der Waals surface area contributed by atoms with Gasteiger partial charge in [-0.1, -0.05) is 18.2 Å². The number of fused-ring (bicyclic) bond motifs is 2. The molecule has 194 valence electrons. The topological polar surface area (TPSA) is 44.8 Å². The van der Waals surface area contributed by atoms with E-state index < -0.39 is 29.5 Å². The van der Waals surface area contributed by atoms with Gasteiger partial charge in [-0.25, -0.2) is 8.78 Å². The fourth-order valence-electron chi connectivity index (χ4n) is 5.13. The van der Waals surface area contributed by atoms with Crippen LogP contribution in [0.5, 0.6) is 11.5 Å². The Balaban J connectivity index is 1.42. The Morgan fingerprint density at radius 2 is 1.84 bits per heavy atom. The van der Waals surface area contributed by atoms with Gasteiger partial charge in [-0.3, -0.25) is 4.79 Å². The molecule has 1 heterocycles. The molecule has 1 aliphatic heterocycles. The van der Waals surface area contributed by atoms with E-state index in [1.807, 2.05) is 6.07 Å². The molecule has 0 saturated heterocycles. The summed E-state index contributed by atoms with van der Waals surface area (Å²) in [6, 6.07) is 10.6. The van der Waals surface area contributed by atoms with Gasteiger partial charge in [-0.05, 0) is 53.3 Å². The maximum Gasteiger partial charge on any atom is 0.416 e. The van der Waals surface area contributed by atoms with E-state index in [0.29, 0.717) is 48.1 Å². The number of carbonyl (C=O) groups is 1. The molecule has 1 unspecified atom stereocenters. The van der Waals surface area contributed by atoms with Gasteiger partial charge in [-0.2, -0.15) is 13.2 Å². The molecule has 3 aromatic carbocycles. The zero-order chi connectivity index (χ0) is 26.3. The predicted octanol–water partition coefficient (Wildman–Crippen LogP) is 6.68. The summed E-state index contributed by atoms with van der Waals surface area (Å²) in [6.45, 7) is 0.337. The number of benzene rings is 3. The van der Waals surface area contributed by atoms with E-state index >= 15 is 0 Å². The van der Waals surface area contributed by atoms with Gasteiger partial charge >= 0.3 is 12.1 Å². The Kier molecular flexibility index (Phi) is 6.56. The molecule has 3 aromatic rings. The minimum atomic E-state index is -4.63. The number of ether oxygens (including phenoxy) is 3. The van der Waals surface area contributed by atoms with E-state index in [2.05, 4.69) is 0 Å². The van der Waals surface area contributed by atoms with Crippen molar-refractivity contribution in [3.05, 3.63) is 93.5 Å². The molecule has 0 aromatic heterocycles. The van der Waals surface area contributed by atoms with Crippen molar-refractivity contribution in [2.24, 2.45) is 0 Å². The summed E-state index contributed by atoms with van der Waals surface area (Å²) in [4.78, 5) is 11.6. The molecule has 0 amide bonds. The molecule has 2 atom stereocenters. The van der Waals surface area contributed by atoms with Gasteiger partial charge in [0.15, 0.2) is 0 Å². The Labute approximate surface area is 210 Å². The van der Waals surface area contributed by atoms with Crippen LogP contribution in [0.2, 0.25) is 0 Å². The fraction of sp³-hybridized carbons (Fsp3) is 0.321. The average molecular weight is 518 g/mol. The summed E-state index contributed by atoms with van der Waals surface area (Å²) in [5.74, 6) is -1.07. The van der Waals surface area contributed by atoms with Crippen molar-refractivity contribution in [3.8, 4) is 11.5 Å². The first-order valence-corrected chi connectivity index (χ1v) is 11.8. The standard InChI is InChI=1S/C28H23F5O4/c1-35-27(34)11-16-14-36-26-13-18(4-5-19(16)26)37-25-9-7-20-21(25)6-8-23(28(31,32)33)22(20)10-15-2-3-17(29)12-24(15)30/h2-6,8,12-13,16,25H,7,9-11,14H2,1H3/t16?,25-/m1/s1. The normalized spacial score (nSPS) is 18.2. The third-order valence-electron chi connectivity index (χ3n) is 6.94. The number of methoxy groups -OCH3 is 1.